The van der Waals surface area contributed by atoms with Crippen molar-refractivity contribution in [3.05, 3.63) is 18.0 Å². The predicted octanol–water partition coefficient (Wildman–Crippen LogP) is 1.56. The van der Waals surface area contributed by atoms with E-state index in [1.807, 2.05) is 6.92 Å². The molecule has 138 valence electrons. The lowest BCUT2D eigenvalue weighted by molar-refractivity contribution is -0.141. The van der Waals surface area contributed by atoms with E-state index in [1.54, 1.807) is 0 Å². The molecule has 25 heavy (non-hydrogen) atoms. The zero-order chi connectivity index (χ0) is 18.3. The summed E-state index contributed by atoms with van der Waals surface area (Å²) in [4.78, 5) is 19.6. The SMILES string of the molecule is CCOCCOCCOc1ccnc(C2=N[C@@](C)(C(=O)O)CS2)c1O. The molecule has 1 aromatic rings. The molecule has 0 aliphatic carbocycles. The summed E-state index contributed by atoms with van der Waals surface area (Å²) < 4.78 is 16.0. The van der Waals surface area contributed by atoms with Gasteiger partial charge < -0.3 is 24.4 Å². The third-order valence-corrected chi connectivity index (χ3v) is 4.71. The number of thioether (sulfide) groups is 1. The number of aromatic hydroxyl groups is 1. The van der Waals surface area contributed by atoms with Gasteiger partial charge in [-0.15, -0.1) is 11.8 Å². The zero-order valence-corrected chi connectivity index (χ0v) is 15.0. The van der Waals surface area contributed by atoms with E-state index < -0.39 is 11.5 Å². The second-order valence-electron chi connectivity index (χ2n) is 5.45. The number of nitrogens with zero attached hydrogens (tertiary/aromatic N) is 2. The van der Waals surface area contributed by atoms with Crippen LogP contribution in [0.1, 0.15) is 19.5 Å². The lowest BCUT2D eigenvalue weighted by Gasteiger charge is -2.12. The first-order valence-corrected chi connectivity index (χ1v) is 8.89. The summed E-state index contributed by atoms with van der Waals surface area (Å²) in [5, 5.41) is 20.0. The van der Waals surface area contributed by atoms with Crippen molar-refractivity contribution in [2.75, 3.05) is 38.8 Å². The van der Waals surface area contributed by atoms with E-state index >= 15 is 0 Å². The number of carboxylic acids is 1. The Morgan fingerprint density at radius 1 is 1.32 bits per heavy atom. The smallest absolute Gasteiger partial charge is 0.332 e. The molecule has 1 atom stereocenters. The summed E-state index contributed by atoms with van der Waals surface area (Å²) in [6.07, 6.45) is 1.49. The van der Waals surface area contributed by atoms with Gasteiger partial charge >= 0.3 is 5.97 Å². The minimum atomic E-state index is -1.21. The predicted molar refractivity (Wildman–Crippen MR) is 93.7 cm³/mol. The van der Waals surface area contributed by atoms with E-state index in [0.29, 0.717) is 31.5 Å². The monoisotopic (exact) mass is 370 g/mol. The van der Waals surface area contributed by atoms with Crippen LogP contribution >= 0.6 is 11.8 Å². The van der Waals surface area contributed by atoms with E-state index in [4.69, 9.17) is 14.2 Å². The normalized spacial score (nSPS) is 19.7. The van der Waals surface area contributed by atoms with Gasteiger partial charge in [0.25, 0.3) is 0 Å². The van der Waals surface area contributed by atoms with Gasteiger partial charge in [-0.05, 0) is 13.8 Å². The molecule has 0 unspecified atom stereocenters. The maximum absolute atomic E-state index is 11.3. The second kappa shape index (κ2) is 9.02. The van der Waals surface area contributed by atoms with Crippen LogP contribution in [0.15, 0.2) is 17.3 Å². The largest absolute Gasteiger partial charge is 0.503 e. The number of pyridine rings is 1. The molecule has 9 heteroatoms. The van der Waals surface area contributed by atoms with Crippen LogP contribution < -0.4 is 4.74 Å². The van der Waals surface area contributed by atoms with Crippen LogP contribution in [-0.2, 0) is 14.3 Å². The number of ether oxygens (including phenoxy) is 3. The Bertz CT molecular complexity index is 639. The Morgan fingerprint density at radius 2 is 2.04 bits per heavy atom. The number of hydrogen-bond donors (Lipinski definition) is 2. The molecule has 1 aliphatic heterocycles. The Morgan fingerprint density at radius 3 is 2.72 bits per heavy atom. The Balaban J connectivity index is 1.95. The molecular weight excluding hydrogens is 348 g/mol. The summed E-state index contributed by atoms with van der Waals surface area (Å²) in [7, 11) is 0. The molecule has 2 heterocycles. The number of aliphatic carboxylic acids is 1. The van der Waals surface area contributed by atoms with E-state index in [9.17, 15) is 15.0 Å². The molecule has 1 aliphatic rings. The number of hydrogen-bond acceptors (Lipinski definition) is 8. The molecular formula is C16H22N2O6S. The highest BCUT2D eigenvalue weighted by molar-refractivity contribution is 8.14. The molecule has 2 N–H and O–H groups in total. The van der Waals surface area contributed by atoms with Gasteiger partial charge in [0, 0.05) is 24.6 Å². The molecule has 0 bridgehead atoms. The van der Waals surface area contributed by atoms with Crippen LogP contribution in [0.4, 0.5) is 0 Å². The number of carboxylic acid groups (broad SMARTS) is 1. The van der Waals surface area contributed by atoms with Gasteiger partial charge in [-0.2, -0.15) is 0 Å². The van der Waals surface area contributed by atoms with E-state index in [2.05, 4.69) is 9.98 Å². The van der Waals surface area contributed by atoms with Crippen LogP contribution in [0, 0.1) is 0 Å². The minimum Gasteiger partial charge on any atom is -0.503 e. The number of rotatable bonds is 10. The van der Waals surface area contributed by atoms with Crippen molar-refractivity contribution >= 4 is 22.8 Å². The minimum absolute atomic E-state index is 0.155. The van der Waals surface area contributed by atoms with Crippen LogP contribution in [0.2, 0.25) is 0 Å². The van der Waals surface area contributed by atoms with Gasteiger partial charge in [-0.3, -0.25) is 4.99 Å². The standard InChI is InChI=1S/C16H22N2O6S/c1-3-22-6-7-23-8-9-24-11-4-5-17-12(13(11)19)14-18-16(2,10-25-14)15(20)21/h4-5,19H,3,6-10H2,1-2H3,(H,20,21)/t16-/m1/s1. The van der Waals surface area contributed by atoms with Crippen molar-refractivity contribution < 1.29 is 29.2 Å². The number of aromatic nitrogens is 1. The maximum atomic E-state index is 11.3. The fraction of sp³-hybridized carbons (Fsp3) is 0.562. The van der Waals surface area contributed by atoms with Crippen molar-refractivity contribution in [1.82, 2.24) is 4.98 Å². The fourth-order valence-corrected chi connectivity index (χ4v) is 3.17. The zero-order valence-electron chi connectivity index (χ0n) is 14.2. The summed E-state index contributed by atoms with van der Waals surface area (Å²) in [5.41, 5.74) is -0.982. The summed E-state index contributed by atoms with van der Waals surface area (Å²) in [6, 6.07) is 1.54. The summed E-state index contributed by atoms with van der Waals surface area (Å²) in [6.45, 7) is 5.72. The van der Waals surface area contributed by atoms with Gasteiger partial charge in [0.2, 0.25) is 0 Å². The average molecular weight is 370 g/mol. The first-order chi connectivity index (χ1) is 12.0. The van der Waals surface area contributed by atoms with Crippen LogP contribution in [0.3, 0.4) is 0 Å². The molecule has 2 rings (SSSR count). The van der Waals surface area contributed by atoms with E-state index in [0.717, 1.165) is 0 Å². The maximum Gasteiger partial charge on any atom is 0.332 e. The third kappa shape index (κ3) is 5.07. The molecule has 8 nitrogen and oxygen atoms in total. The highest BCUT2D eigenvalue weighted by Crippen LogP contribution is 2.36. The highest BCUT2D eigenvalue weighted by atomic mass is 32.2. The number of aliphatic imine (C=N–C) groups is 1. The summed E-state index contributed by atoms with van der Waals surface area (Å²) in [5.74, 6) is -0.619. The van der Waals surface area contributed by atoms with Crippen molar-refractivity contribution in [1.29, 1.82) is 0 Å². The second-order valence-corrected chi connectivity index (χ2v) is 6.41. The third-order valence-electron chi connectivity index (χ3n) is 3.45. The Hall–Kier alpha value is -1.84. The topological polar surface area (TPSA) is 110 Å². The first kappa shape index (κ1) is 19.5. The van der Waals surface area contributed by atoms with Gasteiger partial charge in [-0.1, -0.05) is 0 Å². The average Bonchev–Trinajstić information content (AvgIpc) is 2.99. The molecule has 1 aromatic heterocycles. The van der Waals surface area contributed by atoms with Gasteiger partial charge in [0.1, 0.15) is 17.3 Å². The quantitative estimate of drug-likeness (QED) is 0.597. The lowest BCUT2D eigenvalue weighted by Crippen LogP contribution is -2.33. The lowest BCUT2D eigenvalue weighted by atomic mass is 10.1. The fourth-order valence-electron chi connectivity index (χ4n) is 2.01. The molecule has 0 spiro atoms. The molecule has 0 aromatic carbocycles. The number of carbonyl (C=O) groups is 1. The molecule has 0 saturated heterocycles. The summed E-state index contributed by atoms with van der Waals surface area (Å²) >= 11 is 1.25. The van der Waals surface area contributed by atoms with Crippen molar-refractivity contribution in [3.8, 4) is 11.5 Å². The van der Waals surface area contributed by atoms with Gasteiger partial charge in [0.15, 0.2) is 17.0 Å². The van der Waals surface area contributed by atoms with Crippen molar-refractivity contribution in [3.63, 3.8) is 0 Å². The van der Waals surface area contributed by atoms with Crippen molar-refractivity contribution in [2.45, 2.75) is 19.4 Å². The Labute approximate surface area is 150 Å². The van der Waals surface area contributed by atoms with E-state index in [1.165, 1.54) is 30.9 Å². The van der Waals surface area contributed by atoms with E-state index in [-0.39, 0.29) is 29.6 Å². The molecule has 0 fully saturated rings. The molecule has 0 amide bonds. The van der Waals surface area contributed by atoms with Crippen LogP contribution in [0.25, 0.3) is 0 Å². The van der Waals surface area contributed by atoms with Crippen molar-refractivity contribution in [2.24, 2.45) is 4.99 Å². The van der Waals surface area contributed by atoms with Crippen LogP contribution in [0.5, 0.6) is 11.5 Å². The van der Waals surface area contributed by atoms with Gasteiger partial charge in [-0.25, -0.2) is 9.78 Å². The van der Waals surface area contributed by atoms with Gasteiger partial charge in [0.05, 0.1) is 19.8 Å². The Kier molecular flexibility index (Phi) is 7.03. The highest BCUT2D eigenvalue weighted by Gasteiger charge is 2.39. The van der Waals surface area contributed by atoms with Crippen LogP contribution in [-0.4, -0.2) is 70.5 Å². The first-order valence-electron chi connectivity index (χ1n) is 7.90. The molecule has 0 radical (unpaired) electrons. The molecule has 0 saturated carbocycles.